The van der Waals surface area contributed by atoms with Gasteiger partial charge in [0.05, 0.1) is 23.8 Å². The van der Waals surface area contributed by atoms with Crippen LogP contribution in [-0.2, 0) is 29.2 Å². The van der Waals surface area contributed by atoms with E-state index in [0.717, 1.165) is 24.4 Å². The van der Waals surface area contributed by atoms with Crippen LogP contribution < -0.4 is 4.57 Å². The van der Waals surface area contributed by atoms with Crippen LogP contribution in [0.2, 0.25) is 0 Å². The second kappa shape index (κ2) is 8.17. The summed E-state index contributed by atoms with van der Waals surface area (Å²) in [6, 6.07) is 2.18. The van der Waals surface area contributed by atoms with Crippen molar-refractivity contribution in [3.63, 3.8) is 0 Å². The van der Waals surface area contributed by atoms with Gasteiger partial charge in [-0.3, -0.25) is 9.97 Å². The van der Waals surface area contributed by atoms with Crippen molar-refractivity contribution < 1.29 is 4.57 Å². The topological polar surface area (TPSA) is 68.3 Å². The van der Waals surface area contributed by atoms with Gasteiger partial charge in [0, 0.05) is 40.4 Å². The molecule has 0 radical (unpaired) electrons. The van der Waals surface area contributed by atoms with E-state index in [0.29, 0.717) is 0 Å². The third kappa shape index (κ3) is 5.23. The minimum absolute atomic E-state index is 0.0175. The fourth-order valence-electron chi connectivity index (χ4n) is 3.55. The van der Waals surface area contributed by atoms with Gasteiger partial charge >= 0.3 is 0 Å². The van der Waals surface area contributed by atoms with Gasteiger partial charge in [-0.15, -0.1) is 0 Å². The Balaban J connectivity index is 1.82. The highest BCUT2D eigenvalue weighted by Crippen LogP contribution is 2.28. The van der Waals surface area contributed by atoms with E-state index in [2.05, 4.69) is 90.4 Å². The Morgan fingerprint density at radius 3 is 2.27 bits per heavy atom. The smallest absolute Gasteiger partial charge is 0.261 e. The van der Waals surface area contributed by atoms with Crippen molar-refractivity contribution in [3.05, 3.63) is 72.1 Å². The Morgan fingerprint density at radius 2 is 1.60 bits per heavy atom. The Hall–Kier alpha value is -2.76. The van der Waals surface area contributed by atoms with E-state index in [4.69, 9.17) is 0 Å². The van der Waals surface area contributed by atoms with Crippen LogP contribution in [0.3, 0.4) is 0 Å². The van der Waals surface area contributed by atoms with Gasteiger partial charge in [-0.1, -0.05) is 53.5 Å². The molecule has 158 valence electrons. The summed E-state index contributed by atoms with van der Waals surface area (Å²) in [6.07, 6.45) is 14.1. The Kier molecular flexibility index (Phi) is 5.97. The predicted molar refractivity (Wildman–Crippen MR) is 117 cm³/mol. The van der Waals surface area contributed by atoms with Crippen LogP contribution in [0.1, 0.15) is 71.0 Å². The molecule has 0 aliphatic heterocycles. The zero-order chi connectivity index (χ0) is 22.0. The highest BCUT2D eigenvalue weighted by molar-refractivity contribution is 5.24. The van der Waals surface area contributed by atoms with Gasteiger partial charge in [0.2, 0.25) is 0 Å². The lowest BCUT2D eigenvalue weighted by atomic mass is 9.80. The van der Waals surface area contributed by atoms with Crippen molar-refractivity contribution in [2.45, 2.75) is 77.7 Å². The van der Waals surface area contributed by atoms with Gasteiger partial charge in [-0.05, 0) is 18.1 Å². The zero-order valence-electron chi connectivity index (χ0n) is 19.2. The molecule has 0 saturated heterocycles. The number of hydrogen-bond acceptors (Lipinski definition) is 5. The van der Waals surface area contributed by atoms with E-state index in [-0.39, 0.29) is 16.2 Å². The maximum Gasteiger partial charge on any atom is 0.286 e. The second-order valence-electron chi connectivity index (χ2n) is 10.4. The maximum atomic E-state index is 4.53. The van der Waals surface area contributed by atoms with Gasteiger partial charge in [-0.2, -0.15) is 10.2 Å². The number of hydrogen-bond donors (Lipinski definition) is 0. The average molecular weight is 406 g/mol. The summed E-state index contributed by atoms with van der Waals surface area (Å²) in [5, 5.41) is 8.56. The molecule has 3 heterocycles. The first-order chi connectivity index (χ1) is 14.0. The first-order valence-corrected chi connectivity index (χ1v) is 10.4. The molecule has 0 saturated carbocycles. The van der Waals surface area contributed by atoms with Crippen molar-refractivity contribution in [2.24, 2.45) is 0 Å². The summed E-state index contributed by atoms with van der Waals surface area (Å²) in [5.74, 6) is 0. The van der Waals surface area contributed by atoms with Crippen LogP contribution in [0.5, 0.6) is 0 Å². The van der Waals surface area contributed by atoms with Gasteiger partial charge in [0.25, 0.3) is 6.33 Å². The lowest BCUT2D eigenvalue weighted by Crippen LogP contribution is -2.44. The Morgan fingerprint density at radius 1 is 0.833 bits per heavy atom. The Labute approximate surface area is 179 Å². The lowest BCUT2D eigenvalue weighted by Gasteiger charge is -2.26. The highest BCUT2D eigenvalue weighted by Gasteiger charge is 2.29. The summed E-state index contributed by atoms with van der Waals surface area (Å²) in [5.41, 5.74) is 4.10. The largest absolute Gasteiger partial charge is 0.286 e. The molecule has 0 bridgehead atoms. The van der Waals surface area contributed by atoms with E-state index >= 15 is 0 Å². The summed E-state index contributed by atoms with van der Waals surface area (Å²) >= 11 is 0. The van der Waals surface area contributed by atoms with Crippen LogP contribution >= 0.6 is 0 Å². The molecule has 0 fully saturated rings. The minimum Gasteiger partial charge on any atom is -0.261 e. The number of nitrogens with zero attached hydrogens (tertiary/aromatic N) is 6. The molecular formula is C24H33N6+. The molecule has 0 aromatic carbocycles. The molecule has 6 nitrogen and oxygen atoms in total. The molecule has 0 aliphatic carbocycles. The van der Waals surface area contributed by atoms with Gasteiger partial charge in [-0.25, -0.2) is 4.57 Å². The van der Waals surface area contributed by atoms with Crippen molar-refractivity contribution in [2.75, 3.05) is 0 Å². The van der Waals surface area contributed by atoms with Crippen LogP contribution in [-0.4, -0.2) is 25.1 Å². The summed E-state index contributed by atoms with van der Waals surface area (Å²) < 4.78 is 2.15. The monoisotopic (exact) mass is 405 g/mol. The summed E-state index contributed by atoms with van der Waals surface area (Å²) in [6.45, 7) is 16.1. The third-order valence-corrected chi connectivity index (χ3v) is 5.48. The van der Waals surface area contributed by atoms with Gasteiger partial charge in [0.1, 0.15) is 12.7 Å². The fraction of sp³-hybridized carbons (Fsp3) is 0.500. The van der Waals surface area contributed by atoms with E-state index in [1.54, 1.807) is 12.4 Å². The molecule has 3 aromatic heterocycles. The summed E-state index contributed by atoms with van der Waals surface area (Å²) in [4.78, 5) is 13.2. The number of aromatic nitrogens is 6. The SMILES string of the molecule is CC(C)(C)c1cc(CC(C)(C)c2cnc[n+](CC(C)(C)c3cnccn3)c2)cnn1. The van der Waals surface area contributed by atoms with Crippen molar-refractivity contribution >= 4 is 0 Å². The van der Waals surface area contributed by atoms with E-state index < -0.39 is 0 Å². The van der Waals surface area contributed by atoms with E-state index in [1.807, 2.05) is 24.9 Å². The second-order valence-corrected chi connectivity index (χ2v) is 10.4. The van der Waals surface area contributed by atoms with Crippen molar-refractivity contribution in [1.29, 1.82) is 0 Å². The molecule has 6 heteroatoms. The molecule has 0 atom stereocenters. The zero-order valence-corrected chi connectivity index (χ0v) is 19.2. The first kappa shape index (κ1) is 21.9. The van der Waals surface area contributed by atoms with Gasteiger partial charge in [0.15, 0.2) is 0 Å². The highest BCUT2D eigenvalue weighted by atomic mass is 15.1. The molecule has 3 aromatic rings. The van der Waals surface area contributed by atoms with Crippen LogP contribution in [0.4, 0.5) is 0 Å². The Bertz CT molecular complexity index is 990. The minimum atomic E-state index is -0.153. The fourth-order valence-corrected chi connectivity index (χ4v) is 3.55. The quantitative estimate of drug-likeness (QED) is 0.584. The normalized spacial score (nSPS) is 12.8. The molecule has 0 unspecified atom stereocenters. The predicted octanol–water partition coefficient (Wildman–Crippen LogP) is 3.74. The third-order valence-electron chi connectivity index (χ3n) is 5.48. The molecule has 0 spiro atoms. The van der Waals surface area contributed by atoms with Crippen molar-refractivity contribution in [3.8, 4) is 0 Å². The van der Waals surface area contributed by atoms with E-state index in [9.17, 15) is 0 Å². The average Bonchev–Trinajstić information content (AvgIpc) is 2.68. The van der Waals surface area contributed by atoms with E-state index in [1.165, 1.54) is 11.1 Å². The standard InChI is InChI=1S/C24H33N6/c1-22(2,3)20-10-18(12-28-29-20)11-23(4,5)19-13-26-17-30(15-19)16-24(6,7)21-14-25-8-9-27-21/h8-10,12-15,17H,11,16H2,1-7H3/q+1. The molecule has 0 aliphatic rings. The van der Waals surface area contributed by atoms with Crippen LogP contribution in [0.25, 0.3) is 0 Å². The molecule has 0 N–H and O–H groups in total. The van der Waals surface area contributed by atoms with Gasteiger partial charge < -0.3 is 0 Å². The number of rotatable bonds is 6. The molecule has 3 rings (SSSR count). The molecular weight excluding hydrogens is 372 g/mol. The maximum absolute atomic E-state index is 4.53. The van der Waals surface area contributed by atoms with Crippen LogP contribution in [0.15, 0.2) is 49.6 Å². The summed E-state index contributed by atoms with van der Waals surface area (Å²) in [7, 11) is 0. The first-order valence-electron chi connectivity index (χ1n) is 10.4. The molecule has 30 heavy (non-hydrogen) atoms. The van der Waals surface area contributed by atoms with Crippen molar-refractivity contribution in [1.82, 2.24) is 25.1 Å². The molecule has 0 amide bonds. The lowest BCUT2D eigenvalue weighted by molar-refractivity contribution is -0.707. The van der Waals surface area contributed by atoms with Crippen LogP contribution in [0, 0.1) is 0 Å².